The third-order valence-corrected chi connectivity index (χ3v) is 5.51. The summed E-state index contributed by atoms with van der Waals surface area (Å²) in [7, 11) is 0. The molecule has 0 saturated carbocycles. The van der Waals surface area contributed by atoms with E-state index >= 15 is 0 Å². The van der Waals surface area contributed by atoms with Crippen molar-refractivity contribution in [1.82, 2.24) is 9.55 Å². The Hall–Kier alpha value is -2.32. The standard InChI is InChI=1S/C18H18F2N4OS/c19-12-3-4-14(20)11(8-12)9-24-17(25)16-15(5-7-26-16)22-18(24)23-6-1-2-13(21)10-23/h3-5,7-8,13H,1-2,6,9-10,21H2. The first kappa shape index (κ1) is 17.1. The number of nitrogens with two attached hydrogens (primary N) is 1. The number of piperidine rings is 1. The van der Waals surface area contributed by atoms with Gasteiger partial charge in [-0.3, -0.25) is 9.36 Å². The summed E-state index contributed by atoms with van der Waals surface area (Å²) in [6.45, 7) is 1.22. The molecule has 4 rings (SSSR count). The number of hydrogen-bond acceptors (Lipinski definition) is 5. The van der Waals surface area contributed by atoms with Gasteiger partial charge in [0.2, 0.25) is 5.95 Å². The highest BCUT2D eigenvalue weighted by molar-refractivity contribution is 7.17. The van der Waals surface area contributed by atoms with Gasteiger partial charge in [0.15, 0.2) is 0 Å². The zero-order chi connectivity index (χ0) is 18.3. The van der Waals surface area contributed by atoms with E-state index in [0.29, 0.717) is 22.7 Å². The number of benzene rings is 1. The zero-order valence-corrected chi connectivity index (χ0v) is 14.8. The number of nitrogens with zero attached hydrogens (tertiary/aromatic N) is 3. The van der Waals surface area contributed by atoms with Gasteiger partial charge in [0.25, 0.3) is 5.56 Å². The molecule has 1 atom stereocenters. The lowest BCUT2D eigenvalue weighted by atomic mass is 10.1. The Morgan fingerprint density at radius 3 is 2.96 bits per heavy atom. The van der Waals surface area contributed by atoms with E-state index in [-0.39, 0.29) is 23.7 Å². The summed E-state index contributed by atoms with van der Waals surface area (Å²) in [6.07, 6.45) is 1.81. The van der Waals surface area contributed by atoms with Gasteiger partial charge < -0.3 is 10.6 Å². The predicted octanol–water partition coefficient (Wildman–Crippen LogP) is 2.71. The van der Waals surface area contributed by atoms with Crippen molar-refractivity contribution in [3.63, 3.8) is 0 Å². The average Bonchev–Trinajstić information content (AvgIpc) is 3.09. The molecule has 3 aromatic rings. The van der Waals surface area contributed by atoms with Crippen molar-refractivity contribution in [2.24, 2.45) is 5.73 Å². The SMILES string of the molecule is NC1CCCN(c2nc3ccsc3c(=O)n2Cc2cc(F)ccc2F)C1. The summed E-state index contributed by atoms with van der Waals surface area (Å²) in [6, 6.07) is 5.04. The molecule has 0 bridgehead atoms. The van der Waals surface area contributed by atoms with Crippen LogP contribution >= 0.6 is 11.3 Å². The van der Waals surface area contributed by atoms with E-state index in [1.807, 2.05) is 4.90 Å². The summed E-state index contributed by atoms with van der Waals surface area (Å²) >= 11 is 1.30. The van der Waals surface area contributed by atoms with Crippen molar-refractivity contribution >= 4 is 27.5 Å². The van der Waals surface area contributed by atoms with E-state index in [1.54, 1.807) is 11.4 Å². The van der Waals surface area contributed by atoms with Crippen LogP contribution in [0.5, 0.6) is 0 Å². The fourth-order valence-corrected chi connectivity index (χ4v) is 4.12. The molecule has 2 N–H and O–H groups in total. The molecule has 0 radical (unpaired) electrons. The Bertz CT molecular complexity index is 1020. The highest BCUT2D eigenvalue weighted by Gasteiger charge is 2.23. The fraction of sp³-hybridized carbons (Fsp3) is 0.333. The predicted molar refractivity (Wildman–Crippen MR) is 98.8 cm³/mol. The number of fused-ring (bicyclic) bond motifs is 1. The van der Waals surface area contributed by atoms with Crippen LogP contribution in [0.2, 0.25) is 0 Å². The fourth-order valence-electron chi connectivity index (χ4n) is 3.34. The number of aromatic nitrogens is 2. The van der Waals surface area contributed by atoms with Crippen molar-refractivity contribution < 1.29 is 8.78 Å². The van der Waals surface area contributed by atoms with Gasteiger partial charge in [0, 0.05) is 24.7 Å². The van der Waals surface area contributed by atoms with Gasteiger partial charge in [-0.1, -0.05) is 0 Å². The Labute approximate surface area is 152 Å². The molecule has 0 amide bonds. The van der Waals surface area contributed by atoms with Crippen LogP contribution in [0.25, 0.3) is 10.2 Å². The Balaban J connectivity index is 1.85. The Kier molecular flexibility index (Phi) is 4.46. The van der Waals surface area contributed by atoms with E-state index in [0.717, 1.165) is 37.6 Å². The molecule has 0 spiro atoms. The van der Waals surface area contributed by atoms with Crippen LogP contribution in [0, 0.1) is 11.6 Å². The normalized spacial score (nSPS) is 17.8. The zero-order valence-electron chi connectivity index (χ0n) is 14.0. The van der Waals surface area contributed by atoms with Gasteiger partial charge in [0.05, 0.1) is 12.1 Å². The molecule has 1 saturated heterocycles. The van der Waals surface area contributed by atoms with Crippen molar-refractivity contribution in [3.8, 4) is 0 Å². The maximum absolute atomic E-state index is 14.1. The first-order valence-corrected chi connectivity index (χ1v) is 9.33. The Morgan fingerprint density at radius 1 is 1.31 bits per heavy atom. The van der Waals surface area contributed by atoms with Crippen molar-refractivity contribution in [2.75, 3.05) is 18.0 Å². The van der Waals surface area contributed by atoms with Crippen molar-refractivity contribution in [3.05, 3.63) is 57.2 Å². The molecular weight excluding hydrogens is 358 g/mol. The lowest BCUT2D eigenvalue weighted by Crippen LogP contribution is -2.45. The van der Waals surface area contributed by atoms with Crippen molar-refractivity contribution in [1.29, 1.82) is 0 Å². The molecule has 1 unspecified atom stereocenters. The molecule has 1 fully saturated rings. The first-order chi connectivity index (χ1) is 12.5. The molecule has 8 heteroatoms. The van der Waals surface area contributed by atoms with Gasteiger partial charge in [-0.25, -0.2) is 13.8 Å². The van der Waals surface area contributed by atoms with Gasteiger partial charge in [-0.05, 0) is 42.5 Å². The minimum Gasteiger partial charge on any atom is -0.341 e. The van der Waals surface area contributed by atoms with Gasteiger partial charge in [-0.2, -0.15) is 0 Å². The number of anilines is 1. The molecule has 26 heavy (non-hydrogen) atoms. The largest absolute Gasteiger partial charge is 0.341 e. The van der Waals surface area contributed by atoms with Crippen molar-refractivity contribution in [2.45, 2.75) is 25.4 Å². The monoisotopic (exact) mass is 376 g/mol. The minimum absolute atomic E-state index is 0.00169. The van der Waals surface area contributed by atoms with Crippen LogP contribution < -0.4 is 16.2 Å². The summed E-state index contributed by atoms with van der Waals surface area (Å²) in [5, 5.41) is 1.80. The van der Waals surface area contributed by atoms with E-state index in [2.05, 4.69) is 4.98 Å². The molecule has 1 aliphatic heterocycles. The van der Waals surface area contributed by atoms with Gasteiger partial charge >= 0.3 is 0 Å². The summed E-state index contributed by atoms with van der Waals surface area (Å²) in [4.78, 5) is 19.6. The van der Waals surface area contributed by atoms with E-state index in [9.17, 15) is 13.6 Å². The molecule has 1 aromatic carbocycles. The maximum Gasteiger partial charge on any atom is 0.273 e. The van der Waals surface area contributed by atoms with Crippen LogP contribution in [0.4, 0.5) is 14.7 Å². The molecule has 2 aromatic heterocycles. The lowest BCUT2D eigenvalue weighted by Gasteiger charge is -2.33. The molecule has 3 heterocycles. The smallest absolute Gasteiger partial charge is 0.273 e. The minimum atomic E-state index is -0.550. The second-order valence-electron chi connectivity index (χ2n) is 6.52. The van der Waals surface area contributed by atoms with E-state index < -0.39 is 11.6 Å². The first-order valence-electron chi connectivity index (χ1n) is 8.45. The Morgan fingerprint density at radius 2 is 2.15 bits per heavy atom. The number of hydrogen-bond donors (Lipinski definition) is 1. The molecule has 1 aliphatic rings. The van der Waals surface area contributed by atoms with Crippen LogP contribution in [-0.2, 0) is 6.54 Å². The lowest BCUT2D eigenvalue weighted by molar-refractivity contribution is 0.490. The van der Waals surface area contributed by atoms with E-state index in [1.165, 1.54) is 15.9 Å². The second-order valence-corrected chi connectivity index (χ2v) is 7.44. The second kappa shape index (κ2) is 6.77. The van der Waals surface area contributed by atoms with E-state index in [4.69, 9.17) is 5.73 Å². The number of halogens is 2. The number of thiophene rings is 1. The highest BCUT2D eigenvalue weighted by atomic mass is 32.1. The number of rotatable bonds is 3. The summed E-state index contributed by atoms with van der Waals surface area (Å²) < 4.78 is 29.6. The quantitative estimate of drug-likeness (QED) is 0.763. The topological polar surface area (TPSA) is 64.2 Å². The molecule has 5 nitrogen and oxygen atoms in total. The highest BCUT2D eigenvalue weighted by Crippen LogP contribution is 2.23. The molecule has 0 aliphatic carbocycles. The third kappa shape index (κ3) is 3.10. The average molecular weight is 376 g/mol. The van der Waals surface area contributed by atoms with Crippen LogP contribution in [0.1, 0.15) is 18.4 Å². The van der Waals surface area contributed by atoms with Crippen LogP contribution in [-0.4, -0.2) is 28.7 Å². The summed E-state index contributed by atoms with van der Waals surface area (Å²) in [5.41, 5.74) is 6.56. The van der Waals surface area contributed by atoms with Gasteiger partial charge in [0.1, 0.15) is 16.3 Å². The third-order valence-electron chi connectivity index (χ3n) is 4.62. The van der Waals surface area contributed by atoms with Crippen LogP contribution in [0.15, 0.2) is 34.4 Å². The summed E-state index contributed by atoms with van der Waals surface area (Å²) in [5.74, 6) is -0.633. The maximum atomic E-state index is 14.1. The van der Waals surface area contributed by atoms with Gasteiger partial charge in [-0.15, -0.1) is 11.3 Å². The van der Waals surface area contributed by atoms with Crippen LogP contribution in [0.3, 0.4) is 0 Å². The molecule has 136 valence electrons. The molecular formula is C18H18F2N4OS.